The van der Waals surface area contributed by atoms with Crippen LogP contribution in [0.4, 0.5) is 0 Å². The Morgan fingerprint density at radius 1 is 1.21 bits per heavy atom. The summed E-state index contributed by atoms with van der Waals surface area (Å²) in [7, 11) is -3.72. The number of fused-ring (bicyclic) bond motifs is 3. The van der Waals surface area contributed by atoms with Gasteiger partial charge in [-0.15, -0.1) is 0 Å². The largest absolute Gasteiger partial charge is 0.488 e. The second kappa shape index (κ2) is 7.34. The molecule has 4 rings (SSSR count). The number of nitrogens with two attached hydrogens (primary N) is 1. The molecule has 0 fully saturated rings. The van der Waals surface area contributed by atoms with Crippen LogP contribution < -0.4 is 15.2 Å². The predicted molar refractivity (Wildman–Crippen MR) is 105 cm³/mol. The van der Waals surface area contributed by atoms with E-state index in [1.54, 1.807) is 12.1 Å². The maximum absolute atomic E-state index is 12.5. The predicted octanol–water partition coefficient (Wildman–Crippen LogP) is 2.16. The molecule has 2 aromatic carbocycles. The molecule has 0 saturated carbocycles. The number of hydrogen-bond donors (Lipinski definition) is 2. The van der Waals surface area contributed by atoms with Gasteiger partial charge in [-0.1, -0.05) is 28.9 Å². The van der Waals surface area contributed by atoms with Crippen LogP contribution >= 0.6 is 0 Å². The van der Waals surface area contributed by atoms with Gasteiger partial charge in [0.1, 0.15) is 12.4 Å². The van der Waals surface area contributed by atoms with Gasteiger partial charge in [0.15, 0.2) is 11.5 Å². The van der Waals surface area contributed by atoms with Gasteiger partial charge in [0, 0.05) is 6.54 Å². The van der Waals surface area contributed by atoms with Crippen LogP contribution in [0.3, 0.4) is 0 Å². The number of rotatable bonds is 5. The third kappa shape index (κ3) is 3.87. The van der Waals surface area contributed by atoms with E-state index >= 15 is 0 Å². The van der Waals surface area contributed by atoms with Gasteiger partial charge in [-0.05, 0) is 43.2 Å². The van der Waals surface area contributed by atoms with E-state index in [4.69, 9.17) is 14.4 Å². The van der Waals surface area contributed by atoms with E-state index in [1.165, 1.54) is 12.1 Å². The Morgan fingerprint density at radius 3 is 2.69 bits per heavy atom. The average molecular weight is 413 g/mol. The second-order valence-corrected chi connectivity index (χ2v) is 8.38. The average Bonchev–Trinajstić information content (AvgIpc) is 3.12. The first-order valence-electron chi connectivity index (χ1n) is 8.95. The first-order chi connectivity index (χ1) is 13.8. The molecular weight excluding hydrogens is 394 g/mol. The summed E-state index contributed by atoms with van der Waals surface area (Å²) in [4.78, 5) is 12.6. The van der Waals surface area contributed by atoms with Crippen molar-refractivity contribution in [1.82, 2.24) is 10.5 Å². The molecule has 1 aliphatic heterocycles. The molecule has 29 heavy (non-hydrogen) atoms. The molecule has 2 heterocycles. The lowest BCUT2D eigenvalue weighted by Crippen LogP contribution is -2.27. The first-order valence-corrected chi connectivity index (χ1v) is 10.5. The van der Waals surface area contributed by atoms with Gasteiger partial charge < -0.3 is 14.6 Å². The van der Waals surface area contributed by atoms with Crippen molar-refractivity contribution >= 4 is 15.9 Å². The van der Waals surface area contributed by atoms with Crippen LogP contribution in [-0.4, -0.2) is 26.0 Å². The number of nitrogens with one attached hydrogen (secondary N) is 1. The second-order valence-electron chi connectivity index (χ2n) is 6.82. The molecule has 0 radical (unpaired) electrons. The Morgan fingerprint density at radius 2 is 1.97 bits per heavy atom. The number of aromatic nitrogens is 1. The lowest BCUT2D eigenvalue weighted by atomic mass is 10.0. The van der Waals surface area contributed by atoms with Gasteiger partial charge in [-0.3, -0.25) is 4.79 Å². The van der Waals surface area contributed by atoms with Crippen molar-refractivity contribution < 1.29 is 22.5 Å². The Kier molecular flexibility index (Phi) is 4.85. The summed E-state index contributed by atoms with van der Waals surface area (Å²) >= 11 is 0. The molecule has 0 atom stereocenters. The highest BCUT2D eigenvalue weighted by Gasteiger charge is 2.28. The Balaban J connectivity index is 1.43. The minimum Gasteiger partial charge on any atom is -0.488 e. The zero-order valence-electron chi connectivity index (χ0n) is 15.6. The summed E-state index contributed by atoms with van der Waals surface area (Å²) in [5.74, 6) is 0.906. The van der Waals surface area contributed by atoms with Gasteiger partial charge in [-0.2, -0.15) is 0 Å². The van der Waals surface area contributed by atoms with E-state index < -0.39 is 10.0 Å². The smallest absolute Gasteiger partial charge is 0.273 e. The van der Waals surface area contributed by atoms with Crippen LogP contribution in [-0.2, 0) is 23.1 Å². The van der Waals surface area contributed by atoms with Crippen LogP contribution in [0.25, 0.3) is 11.3 Å². The van der Waals surface area contributed by atoms with Crippen LogP contribution in [0.5, 0.6) is 5.75 Å². The minimum absolute atomic E-state index is 0.0510. The maximum atomic E-state index is 12.5. The van der Waals surface area contributed by atoms with Crippen LogP contribution in [0.1, 0.15) is 27.2 Å². The first kappa shape index (κ1) is 19.2. The summed E-state index contributed by atoms with van der Waals surface area (Å²) in [6.07, 6.45) is 0.523. The fraction of sp³-hybridized carbons (Fsp3) is 0.200. The van der Waals surface area contributed by atoms with E-state index in [1.807, 2.05) is 25.1 Å². The third-order valence-electron chi connectivity index (χ3n) is 4.71. The molecule has 1 aromatic heterocycles. The highest BCUT2D eigenvalue weighted by Crippen LogP contribution is 2.39. The number of aryl methyl sites for hydroxylation is 1. The minimum atomic E-state index is -3.72. The number of amides is 1. The van der Waals surface area contributed by atoms with E-state index in [2.05, 4.69) is 10.5 Å². The van der Waals surface area contributed by atoms with E-state index in [-0.39, 0.29) is 23.1 Å². The molecular formula is C20H19N3O5S. The highest BCUT2D eigenvalue weighted by molar-refractivity contribution is 7.89. The van der Waals surface area contributed by atoms with Crippen molar-refractivity contribution in [3.8, 4) is 17.1 Å². The SMILES string of the molecule is Cc1ccc2c(c1)-c1onc(C(=O)NCCc3ccc(S(N)(=O)=O)cc3)c1CO2. The molecule has 8 nitrogen and oxygen atoms in total. The number of sulfonamides is 1. The number of ether oxygens (including phenoxy) is 1. The number of primary sulfonamides is 1. The molecule has 0 saturated heterocycles. The lowest BCUT2D eigenvalue weighted by molar-refractivity contribution is 0.0943. The molecule has 0 unspecified atom stereocenters. The Bertz CT molecular complexity index is 1180. The number of hydrogen-bond acceptors (Lipinski definition) is 6. The molecule has 3 aromatic rings. The number of carbonyl (C=O) groups excluding carboxylic acids is 1. The van der Waals surface area contributed by atoms with Crippen molar-refractivity contribution in [2.45, 2.75) is 24.8 Å². The monoisotopic (exact) mass is 413 g/mol. The fourth-order valence-electron chi connectivity index (χ4n) is 3.18. The van der Waals surface area contributed by atoms with Gasteiger partial charge in [0.05, 0.1) is 16.0 Å². The molecule has 0 bridgehead atoms. The lowest BCUT2D eigenvalue weighted by Gasteiger charge is -2.16. The highest BCUT2D eigenvalue weighted by atomic mass is 32.2. The quantitative estimate of drug-likeness (QED) is 0.660. The van der Waals surface area contributed by atoms with E-state index in [9.17, 15) is 13.2 Å². The Hall–Kier alpha value is -3.17. The van der Waals surface area contributed by atoms with Crippen molar-refractivity contribution in [2.75, 3.05) is 6.54 Å². The summed E-state index contributed by atoms with van der Waals surface area (Å²) in [6.45, 7) is 2.53. The number of benzene rings is 2. The fourth-order valence-corrected chi connectivity index (χ4v) is 3.70. The molecule has 1 aliphatic rings. The van der Waals surface area contributed by atoms with Crippen molar-refractivity contribution in [3.05, 3.63) is 64.8 Å². The summed E-state index contributed by atoms with van der Waals surface area (Å²) in [5, 5.41) is 11.8. The Labute approximate surface area is 167 Å². The summed E-state index contributed by atoms with van der Waals surface area (Å²) in [5.41, 5.74) is 3.53. The van der Waals surface area contributed by atoms with Crippen LogP contribution in [0, 0.1) is 6.92 Å². The van der Waals surface area contributed by atoms with Gasteiger partial charge in [0.25, 0.3) is 5.91 Å². The molecule has 0 spiro atoms. The van der Waals surface area contributed by atoms with Gasteiger partial charge >= 0.3 is 0 Å². The summed E-state index contributed by atoms with van der Waals surface area (Å²) < 4.78 is 33.7. The number of carbonyl (C=O) groups is 1. The molecule has 0 aliphatic carbocycles. The standard InChI is InChI=1S/C20H19N3O5S/c1-12-2-7-17-15(10-12)19-16(11-27-17)18(23-28-19)20(24)22-9-8-13-3-5-14(6-4-13)29(21,25)26/h2-7,10H,8-9,11H2,1H3,(H,22,24)(H2,21,25,26). The normalized spacial score (nSPS) is 12.6. The summed E-state index contributed by atoms with van der Waals surface area (Å²) in [6, 6.07) is 12.0. The zero-order chi connectivity index (χ0) is 20.6. The molecule has 3 N–H and O–H groups in total. The van der Waals surface area contributed by atoms with E-state index in [0.717, 1.165) is 16.7 Å². The molecule has 9 heteroatoms. The van der Waals surface area contributed by atoms with E-state index in [0.29, 0.717) is 30.0 Å². The van der Waals surface area contributed by atoms with Crippen molar-refractivity contribution in [1.29, 1.82) is 0 Å². The molecule has 1 amide bonds. The maximum Gasteiger partial charge on any atom is 0.273 e. The molecule has 150 valence electrons. The van der Waals surface area contributed by atoms with Crippen molar-refractivity contribution in [3.63, 3.8) is 0 Å². The zero-order valence-corrected chi connectivity index (χ0v) is 16.5. The van der Waals surface area contributed by atoms with Gasteiger partial charge in [-0.25, -0.2) is 13.6 Å². The van der Waals surface area contributed by atoms with Crippen LogP contribution in [0.15, 0.2) is 51.9 Å². The van der Waals surface area contributed by atoms with Crippen molar-refractivity contribution in [2.24, 2.45) is 5.14 Å². The van der Waals surface area contributed by atoms with Crippen LogP contribution in [0.2, 0.25) is 0 Å². The third-order valence-corrected chi connectivity index (χ3v) is 5.64. The van der Waals surface area contributed by atoms with Gasteiger partial charge in [0.2, 0.25) is 10.0 Å². The topological polar surface area (TPSA) is 125 Å². The number of nitrogens with zero attached hydrogens (tertiary/aromatic N) is 1.